The number of hydrogen-bond acceptors (Lipinski definition) is 3. The Hall–Kier alpha value is -1.84. The van der Waals surface area contributed by atoms with Crippen molar-refractivity contribution in [3.05, 3.63) is 64.9 Å². The molecule has 0 fully saturated rings. The highest BCUT2D eigenvalue weighted by Gasteiger charge is 2.18. The van der Waals surface area contributed by atoms with E-state index in [-0.39, 0.29) is 6.10 Å². The molecule has 2 aromatic rings. The molecule has 3 rings (SSSR count). The summed E-state index contributed by atoms with van der Waals surface area (Å²) >= 11 is 1.69. The fourth-order valence-corrected chi connectivity index (χ4v) is 2.89. The summed E-state index contributed by atoms with van der Waals surface area (Å²) in [6, 6.07) is 8.25. The Kier molecular flexibility index (Phi) is 3.72. The van der Waals surface area contributed by atoms with Gasteiger partial charge in [-0.3, -0.25) is 0 Å². The van der Waals surface area contributed by atoms with Crippen molar-refractivity contribution in [2.75, 3.05) is 0 Å². The summed E-state index contributed by atoms with van der Waals surface area (Å²) in [6.07, 6.45) is 6.43. The van der Waals surface area contributed by atoms with Gasteiger partial charge in [-0.15, -0.1) is 0 Å². The number of aliphatic hydroxyl groups excluding tert-OH is 1. The summed E-state index contributed by atoms with van der Waals surface area (Å²) in [6.45, 7) is 2.03. The topological polar surface area (TPSA) is 29.5 Å². The number of hydrogen-bond donors (Lipinski definition) is 1. The van der Waals surface area contributed by atoms with Crippen LogP contribution < -0.4 is 4.74 Å². The molecule has 2 unspecified atom stereocenters. The van der Waals surface area contributed by atoms with E-state index < -0.39 is 6.10 Å². The van der Waals surface area contributed by atoms with Crippen molar-refractivity contribution in [3.8, 4) is 16.9 Å². The van der Waals surface area contributed by atoms with E-state index in [1.54, 1.807) is 17.4 Å². The molecule has 0 radical (unpaired) electrons. The van der Waals surface area contributed by atoms with E-state index in [1.807, 2.05) is 31.2 Å². The van der Waals surface area contributed by atoms with Crippen molar-refractivity contribution in [1.82, 2.24) is 0 Å². The van der Waals surface area contributed by atoms with Gasteiger partial charge >= 0.3 is 0 Å². The number of aryl methyl sites for hydroxylation is 1. The first-order valence-corrected chi connectivity index (χ1v) is 7.51. The van der Waals surface area contributed by atoms with Crippen molar-refractivity contribution >= 4 is 11.3 Å². The molecule has 0 amide bonds. The van der Waals surface area contributed by atoms with Gasteiger partial charge in [0.1, 0.15) is 18.0 Å². The van der Waals surface area contributed by atoms with Crippen LogP contribution in [0.4, 0.5) is 0 Å². The molecular weight excluding hydrogens is 268 g/mol. The molecule has 2 nitrogen and oxygen atoms in total. The molecule has 1 aromatic heterocycles. The SMILES string of the molecule is Cc1cc(-c2ccsc2)ccc1OC1C=CC=CC1O. The van der Waals surface area contributed by atoms with E-state index >= 15 is 0 Å². The first-order valence-electron chi connectivity index (χ1n) is 6.57. The molecule has 0 aliphatic heterocycles. The van der Waals surface area contributed by atoms with Crippen molar-refractivity contribution in [2.24, 2.45) is 0 Å². The Bertz CT molecular complexity index is 641. The highest BCUT2D eigenvalue weighted by atomic mass is 32.1. The van der Waals surface area contributed by atoms with E-state index in [0.29, 0.717) is 0 Å². The average molecular weight is 284 g/mol. The third kappa shape index (κ3) is 2.69. The molecule has 2 atom stereocenters. The van der Waals surface area contributed by atoms with Gasteiger partial charge in [0.05, 0.1) is 0 Å². The molecule has 0 spiro atoms. The van der Waals surface area contributed by atoms with Crippen LogP contribution in [0, 0.1) is 6.92 Å². The highest BCUT2D eigenvalue weighted by molar-refractivity contribution is 7.08. The number of ether oxygens (including phenoxy) is 1. The van der Waals surface area contributed by atoms with Gasteiger partial charge in [-0.2, -0.15) is 11.3 Å². The van der Waals surface area contributed by atoms with Crippen molar-refractivity contribution < 1.29 is 9.84 Å². The molecule has 20 heavy (non-hydrogen) atoms. The Morgan fingerprint density at radius 2 is 1.95 bits per heavy atom. The van der Waals surface area contributed by atoms with Gasteiger partial charge in [0.15, 0.2) is 0 Å². The van der Waals surface area contributed by atoms with Gasteiger partial charge in [0.25, 0.3) is 0 Å². The number of benzene rings is 1. The fraction of sp³-hybridized carbons (Fsp3) is 0.176. The lowest BCUT2D eigenvalue weighted by Gasteiger charge is -2.22. The van der Waals surface area contributed by atoms with Gasteiger partial charge in [-0.25, -0.2) is 0 Å². The summed E-state index contributed by atoms with van der Waals surface area (Å²) in [5.41, 5.74) is 3.49. The van der Waals surface area contributed by atoms with Crippen LogP contribution in [-0.4, -0.2) is 17.3 Å². The summed E-state index contributed by atoms with van der Waals surface area (Å²) < 4.78 is 5.89. The van der Waals surface area contributed by atoms with E-state index in [1.165, 1.54) is 11.1 Å². The van der Waals surface area contributed by atoms with Gasteiger partial charge in [0, 0.05) is 0 Å². The summed E-state index contributed by atoms with van der Waals surface area (Å²) in [7, 11) is 0. The van der Waals surface area contributed by atoms with Crippen molar-refractivity contribution in [1.29, 1.82) is 0 Å². The minimum Gasteiger partial charge on any atom is -0.483 e. The number of allylic oxidation sites excluding steroid dienone is 2. The van der Waals surface area contributed by atoms with Crippen LogP contribution in [-0.2, 0) is 0 Å². The molecule has 3 heteroatoms. The lowest BCUT2D eigenvalue weighted by atomic mass is 10.1. The minimum absolute atomic E-state index is 0.314. The predicted octanol–water partition coefficient (Wildman–Crippen LogP) is 3.96. The summed E-state index contributed by atoms with van der Waals surface area (Å²) in [4.78, 5) is 0. The van der Waals surface area contributed by atoms with Crippen molar-refractivity contribution in [3.63, 3.8) is 0 Å². The van der Waals surface area contributed by atoms with Crippen LogP contribution in [0.1, 0.15) is 5.56 Å². The standard InChI is InChI=1S/C17H16O2S/c1-12-10-13(14-8-9-20-11-14)6-7-16(12)19-17-5-3-2-4-15(17)18/h2-11,15,17-18H,1H3. The molecule has 0 saturated heterocycles. The third-order valence-corrected chi connectivity index (χ3v) is 4.03. The molecule has 1 aliphatic rings. The summed E-state index contributed by atoms with van der Waals surface area (Å²) in [5.74, 6) is 0.813. The van der Waals surface area contributed by atoms with Crippen LogP contribution in [0.5, 0.6) is 5.75 Å². The zero-order chi connectivity index (χ0) is 13.9. The first-order chi connectivity index (χ1) is 9.74. The Morgan fingerprint density at radius 3 is 2.65 bits per heavy atom. The monoisotopic (exact) mass is 284 g/mol. The third-order valence-electron chi connectivity index (χ3n) is 3.35. The maximum Gasteiger partial charge on any atom is 0.147 e. The lowest BCUT2D eigenvalue weighted by molar-refractivity contribution is 0.0954. The second kappa shape index (κ2) is 5.65. The zero-order valence-electron chi connectivity index (χ0n) is 11.2. The van der Waals surface area contributed by atoms with Crippen LogP contribution >= 0.6 is 11.3 Å². The second-order valence-electron chi connectivity index (χ2n) is 4.84. The van der Waals surface area contributed by atoms with E-state index in [0.717, 1.165) is 11.3 Å². The van der Waals surface area contributed by atoms with Crippen LogP contribution in [0.2, 0.25) is 0 Å². The van der Waals surface area contributed by atoms with Crippen LogP contribution in [0.25, 0.3) is 11.1 Å². The minimum atomic E-state index is -0.587. The molecule has 0 bridgehead atoms. The normalized spacial score (nSPS) is 21.1. The largest absolute Gasteiger partial charge is 0.483 e. The van der Waals surface area contributed by atoms with E-state index in [9.17, 15) is 5.11 Å². The second-order valence-corrected chi connectivity index (χ2v) is 5.62. The Morgan fingerprint density at radius 1 is 1.10 bits per heavy atom. The van der Waals surface area contributed by atoms with E-state index in [4.69, 9.17) is 4.74 Å². The highest BCUT2D eigenvalue weighted by Crippen LogP contribution is 2.28. The fourth-order valence-electron chi connectivity index (χ4n) is 2.22. The molecule has 1 aliphatic carbocycles. The quantitative estimate of drug-likeness (QED) is 0.924. The first kappa shape index (κ1) is 13.2. The lowest BCUT2D eigenvalue weighted by Crippen LogP contribution is -2.29. The van der Waals surface area contributed by atoms with Gasteiger partial charge < -0.3 is 9.84 Å². The Labute approximate surface area is 122 Å². The molecule has 1 aromatic carbocycles. The number of rotatable bonds is 3. The van der Waals surface area contributed by atoms with Gasteiger partial charge in [0.2, 0.25) is 0 Å². The molecule has 0 saturated carbocycles. The maximum absolute atomic E-state index is 9.86. The average Bonchev–Trinajstić information content (AvgIpc) is 2.97. The Balaban J connectivity index is 1.81. The maximum atomic E-state index is 9.86. The number of thiophene rings is 1. The van der Waals surface area contributed by atoms with Gasteiger partial charge in [-0.1, -0.05) is 24.3 Å². The molecular formula is C17H16O2S. The van der Waals surface area contributed by atoms with Crippen LogP contribution in [0.3, 0.4) is 0 Å². The van der Waals surface area contributed by atoms with Gasteiger partial charge in [-0.05, 0) is 58.6 Å². The van der Waals surface area contributed by atoms with E-state index in [2.05, 4.69) is 29.0 Å². The summed E-state index contributed by atoms with van der Waals surface area (Å²) in [5, 5.41) is 14.1. The number of aliphatic hydroxyl groups is 1. The van der Waals surface area contributed by atoms with Crippen molar-refractivity contribution in [2.45, 2.75) is 19.1 Å². The molecule has 1 N–H and O–H groups in total. The molecule has 1 heterocycles. The van der Waals surface area contributed by atoms with Crippen LogP contribution in [0.15, 0.2) is 59.3 Å². The molecule has 102 valence electrons. The smallest absolute Gasteiger partial charge is 0.147 e. The zero-order valence-corrected chi connectivity index (χ0v) is 12.0. The predicted molar refractivity (Wildman–Crippen MR) is 83.2 cm³/mol.